The van der Waals surface area contributed by atoms with Crippen LogP contribution >= 0.6 is 11.8 Å². The van der Waals surface area contributed by atoms with Gasteiger partial charge in [-0.3, -0.25) is 4.79 Å². The van der Waals surface area contributed by atoms with E-state index in [4.69, 9.17) is 5.26 Å². The van der Waals surface area contributed by atoms with Crippen molar-refractivity contribution < 1.29 is 4.79 Å². The molecule has 0 atom stereocenters. The van der Waals surface area contributed by atoms with E-state index < -0.39 is 0 Å². The predicted octanol–water partition coefficient (Wildman–Crippen LogP) is 3.82. The van der Waals surface area contributed by atoms with Crippen LogP contribution in [-0.2, 0) is 4.79 Å². The summed E-state index contributed by atoms with van der Waals surface area (Å²) < 4.78 is 0. The van der Waals surface area contributed by atoms with Crippen molar-refractivity contribution in [1.82, 2.24) is 0 Å². The molecule has 1 saturated carbocycles. The number of nitriles is 1. The van der Waals surface area contributed by atoms with Crippen molar-refractivity contribution in [2.24, 2.45) is 5.92 Å². The van der Waals surface area contributed by atoms with Crippen LogP contribution in [0.5, 0.6) is 0 Å². The number of anilines is 1. The first-order chi connectivity index (χ1) is 9.29. The third-order valence-corrected chi connectivity index (χ3v) is 4.28. The van der Waals surface area contributed by atoms with E-state index in [2.05, 4.69) is 11.4 Å². The van der Waals surface area contributed by atoms with Gasteiger partial charge >= 0.3 is 0 Å². The van der Waals surface area contributed by atoms with E-state index in [1.165, 1.54) is 31.0 Å². The normalized spacial score (nSPS) is 15.7. The molecule has 1 N–H and O–H groups in total. The number of thioether (sulfide) groups is 1. The van der Waals surface area contributed by atoms with E-state index in [-0.39, 0.29) is 11.8 Å². The van der Waals surface area contributed by atoms with Gasteiger partial charge in [0.1, 0.15) is 0 Å². The van der Waals surface area contributed by atoms with E-state index in [9.17, 15) is 4.79 Å². The van der Waals surface area contributed by atoms with Gasteiger partial charge in [0.05, 0.1) is 11.8 Å². The van der Waals surface area contributed by atoms with E-state index in [0.717, 1.165) is 23.4 Å². The molecule has 1 aliphatic carbocycles. The van der Waals surface area contributed by atoms with Crippen molar-refractivity contribution in [2.75, 3.05) is 11.1 Å². The second-order valence-corrected chi connectivity index (χ2v) is 5.84. The second kappa shape index (κ2) is 7.20. The van der Waals surface area contributed by atoms with Crippen molar-refractivity contribution in [3.05, 3.63) is 24.3 Å². The summed E-state index contributed by atoms with van der Waals surface area (Å²) in [7, 11) is 0. The number of nitrogens with one attached hydrogen (secondary N) is 1. The molecule has 0 bridgehead atoms. The first-order valence-corrected chi connectivity index (χ1v) is 7.69. The van der Waals surface area contributed by atoms with Crippen LogP contribution in [0, 0.1) is 17.2 Å². The van der Waals surface area contributed by atoms with Crippen LogP contribution in [0.2, 0.25) is 0 Å². The lowest BCUT2D eigenvalue weighted by Crippen LogP contribution is -2.24. The monoisotopic (exact) mass is 274 g/mol. The quantitative estimate of drug-likeness (QED) is 0.849. The SMILES string of the molecule is N#CCSc1ccc(NC(=O)C2CCCCC2)cc1. The van der Waals surface area contributed by atoms with Gasteiger partial charge in [-0.25, -0.2) is 0 Å². The number of hydrogen-bond acceptors (Lipinski definition) is 3. The Morgan fingerprint density at radius 1 is 1.26 bits per heavy atom. The standard InChI is InChI=1S/C15H18N2OS/c16-10-11-19-14-8-6-13(7-9-14)17-15(18)12-4-2-1-3-5-12/h6-9,12H,1-5,11H2,(H,17,18). The van der Waals surface area contributed by atoms with Crippen molar-refractivity contribution in [3.8, 4) is 6.07 Å². The summed E-state index contributed by atoms with van der Waals surface area (Å²) in [4.78, 5) is 13.1. The number of rotatable bonds is 4. The maximum absolute atomic E-state index is 12.1. The summed E-state index contributed by atoms with van der Waals surface area (Å²) in [6.07, 6.45) is 5.63. The molecular formula is C15H18N2OS. The minimum Gasteiger partial charge on any atom is -0.326 e. The minimum atomic E-state index is 0.150. The smallest absolute Gasteiger partial charge is 0.227 e. The Balaban J connectivity index is 1.88. The fraction of sp³-hybridized carbons (Fsp3) is 0.467. The molecule has 3 nitrogen and oxygen atoms in total. The highest BCUT2D eigenvalue weighted by atomic mass is 32.2. The molecule has 0 radical (unpaired) electrons. The summed E-state index contributed by atoms with van der Waals surface area (Å²) in [6.45, 7) is 0. The molecule has 0 aliphatic heterocycles. The zero-order valence-electron chi connectivity index (χ0n) is 10.9. The van der Waals surface area contributed by atoms with Crippen LogP contribution in [0.4, 0.5) is 5.69 Å². The van der Waals surface area contributed by atoms with Crippen LogP contribution in [0.1, 0.15) is 32.1 Å². The summed E-state index contributed by atoms with van der Waals surface area (Å²) in [5.41, 5.74) is 0.844. The van der Waals surface area contributed by atoms with Crippen molar-refractivity contribution in [1.29, 1.82) is 5.26 Å². The van der Waals surface area contributed by atoms with Gasteiger partial charge in [-0.05, 0) is 37.1 Å². The molecule has 0 spiro atoms. The number of carbonyl (C=O) groups is 1. The first kappa shape index (κ1) is 14.0. The summed E-state index contributed by atoms with van der Waals surface area (Å²) in [5.74, 6) is 0.784. The van der Waals surface area contributed by atoms with E-state index in [0.29, 0.717) is 5.75 Å². The van der Waals surface area contributed by atoms with E-state index in [1.807, 2.05) is 24.3 Å². The van der Waals surface area contributed by atoms with E-state index in [1.54, 1.807) is 0 Å². The number of benzene rings is 1. The topological polar surface area (TPSA) is 52.9 Å². The fourth-order valence-electron chi connectivity index (χ4n) is 2.36. The average molecular weight is 274 g/mol. The molecule has 1 amide bonds. The van der Waals surface area contributed by atoms with Crippen LogP contribution in [0.25, 0.3) is 0 Å². The Hall–Kier alpha value is -1.47. The number of hydrogen-bond donors (Lipinski definition) is 1. The van der Waals surface area contributed by atoms with Crippen molar-refractivity contribution in [2.45, 2.75) is 37.0 Å². The molecular weight excluding hydrogens is 256 g/mol. The first-order valence-electron chi connectivity index (χ1n) is 6.70. The third-order valence-electron chi connectivity index (χ3n) is 3.40. The van der Waals surface area contributed by atoms with Crippen LogP contribution in [0.3, 0.4) is 0 Å². The zero-order chi connectivity index (χ0) is 13.5. The Morgan fingerprint density at radius 2 is 1.95 bits per heavy atom. The van der Waals surface area contributed by atoms with Crippen LogP contribution < -0.4 is 5.32 Å². The van der Waals surface area contributed by atoms with Gasteiger partial charge in [0.25, 0.3) is 0 Å². The molecule has 2 rings (SSSR count). The minimum absolute atomic E-state index is 0.150. The molecule has 0 aromatic heterocycles. The molecule has 1 aromatic rings. The molecule has 1 aliphatic rings. The van der Waals surface area contributed by atoms with Gasteiger partial charge in [0, 0.05) is 16.5 Å². The Kier molecular flexibility index (Phi) is 5.29. The van der Waals surface area contributed by atoms with Crippen LogP contribution in [-0.4, -0.2) is 11.7 Å². The summed E-state index contributed by atoms with van der Waals surface area (Å²) in [5, 5.41) is 11.5. The molecule has 4 heteroatoms. The highest BCUT2D eigenvalue weighted by Crippen LogP contribution is 2.25. The molecule has 0 saturated heterocycles. The van der Waals surface area contributed by atoms with Crippen molar-refractivity contribution in [3.63, 3.8) is 0 Å². The maximum Gasteiger partial charge on any atom is 0.227 e. The van der Waals surface area contributed by atoms with Gasteiger partial charge in [0.2, 0.25) is 5.91 Å². The molecule has 100 valence electrons. The van der Waals surface area contributed by atoms with Crippen molar-refractivity contribution >= 4 is 23.4 Å². The lowest BCUT2D eigenvalue weighted by atomic mass is 9.88. The number of amides is 1. The number of nitrogens with zero attached hydrogens (tertiary/aromatic N) is 1. The lowest BCUT2D eigenvalue weighted by molar-refractivity contribution is -0.120. The molecule has 1 aromatic carbocycles. The lowest BCUT2D eigenvalue weighted by Gasteiger charge is -2.20. The largest absolute Gasteiger partial charge is 0.326 e. The van der Waals surface area contributed by atoms with Gasteiger partial charge in [-0.15, -0.1) is 11.8 Å². The molecule has 0 heterocycles. The Labute approximate surface area is 118 Å². The van der Waals surface area contributed by atoms with Gasteiger partial charge in [0.15, 0.2) is 0 Å². The highest BCUT2D eigenvalue weighted by molar-refractivity contribution is 7.99. The number of carbonyl (C=O) groups excluding carboxylic acids is 1. The highest BCUT2D eigenvalue weighted by Gasteiger charge is 2.20. The zero-order valence-corrected chi connectivity index (χ0v) is 11.7. The van der Waals surface area contributed by atoms with E-state index >= 15 is 0 Å². The molecule has 1 fully saturated rings. The average Bonchev–Trinajstić information content (AvgIpc) is 2.47. The van der Waals surface area contributed by atoms with Gasteiger partial charge in [-0.1, -0.05) is 19.3 Å². The van der Waals surface area contributed by atoms with Gasteiger partial charge < -0.3 is 5.32 Å². The summed E-state index contributed by atoms with van der Waals surface area (Å²) >= 11 is 1.50. The maximum atomic E-state index is 12.1. The summed E-state index contributed by atoms with van der Waals surface area (Å²) in [6, 6.07) is 9.79. The van der Waals surface area contributed by atoms with Crippen LogP contribution in [0.15, 0.2) is 29.2 Å². The Bertz CT molecular complexity index is 458. The third kappa shape index (κ3) is 4.29. The fourth-order valence-corrected chi connectivity index (χ4v) is 2.92. The predicted molar refractivity (Wildman–Crippen MR) is 78.0 cm³/mol. The molecule has 19 heavy (non-hydrogen) atoms. The molecule has 0 unspecified atom stereocenters. The second-order valence-electron chi connectivity index (χ2n) is 4.80. The van der Waals surface area contributed by atoms with Gasteiger partial charge in [-0.2, -0.15) is 5.26 Å². The Morgan fingerprint density at radius 3 is 2.58 bits per heavy atom.